The smallest absolute Gasteiger partial charge is 0.362 e. The standard InChI is InChI=1S/C33H65N2O7P/c1-24(2)28-14-12-26(5)20-30(28)41-32(36)22-34(7,8)16-18-39-43(11,38)40-19-17-35(9,10)23-33(37)42-31-21-27(6)13-15-29(31)25(3)4/h24-31H,12-23H2,1-11H3/q+2. The number of esters is 2. The number of likely N-dealkylation sites (N-methyl/N-ethyl adjacent to an activating group) is 2. The fraction of sp³-hybridized carbons (Fsp3) is 0.939. The zero-order valence-electron chi connectivity index (χ0n) is 29.3. The Morgan fingerprint density at radius 1 is 0.698 bits per heavy atom. The molecule has 0 saturated heterocycles. The maximum absolute atomic E-state index is 13.0. The third kappa shape index (κ3) is 13.9. The van der Waals surface area contributed by atoms with Crippen LogP contribution in [0.5, 0.6) is 0 Å². The average molecular weight is 633 g/mol. The molecule has 6 atom stereocenters. The van der Waals surface area contributed by atoms with E-state index in [-0.39, 0.29) is 50.4 Å². The van der Waals surface area contributed by atoms with Crippen molar-refractivity contribution in [3.05, 3.63) is 0 Å². The molecule has 6 unspecified atom stereocenters. The number of hydrogen-bond donors (Lipinski definition) is 0. The molecule has 2 rings (SSSR count). The molecule has 252 valence electrons. The van der Waals surface area contributed by atoms with Gasteiger partial charge in [0.15, 0.2) is 13.1 Å². The van der Waals surface area contributed by atoms with E-state index >= 15 is 0 Å². The molecule has 2 saturated carbocycles. The summed E-state index contributed by atoms with van der Waals surface area (Å²) in [6.45, 7) is 16.6. The van der Waals surface area contributed by atoms with Crippen molar-refractivity contribution in [1.29, 1.82) is 0 Å². The van der Waals surface area contributed by atoms with E-state index in [0.29, 0.717) is 57.6 Å². The van der Waals surface area contributed by atoms with Gasteiger partial charge in [-0.15, -0.1) is 0 Å². The predicted octanol–water partition coefficient (Wildman–Crippen LogP) is 6.00. The summed E-state index contributed by atoms with van der Waals surface area (Å²) in [5.41, 5.74) is 0. The van der Waals surface area contributed by atoms with Crippen molar-refractivity contribution >= 4 is 19.5 Å². The summed E-state index contributed by atoms with van der Waals surface area (Å²) >= 11 is 0. The van der Waals surface area contributed by atoms with E-state index in [2.05, 4.69) is 41.5 Å². The molecule has 0 aliphatic heterocycles. The van der Waals surface area contributed by atoms with Crippen molar-refractivity contribution in [2.45, 2.75) is 92.3 Å². The van der Waals surface area contributed by atoms with Crippen LogP contribution in [0.15, 0.2) is 0 Å². The van der Waals surface area contributed by atoms with Crippen LogP contribution < -0.4 is 0 Å². The Hall–Kier alpha value is -0.990. The third-order valence-electron chi connectivity index (χ3n) is 9.65. The van der Waals surface area contributed by atoms with Gasteiger partial charge >= 0.3 is 19.5 Å². The largest absolute Gasteiger partial charge is 0.458 e. The monoisotopic (exact) mass is 632 g/mol. The molecule has 0 spiro atoms. The van der Waals surface area contributed by atoms with Crippen LogP contribution in [0, 0.1) is 35.5 Å². The first kappa shape index (κ1) is 38.2. The van der Waals surface area contributed by atoms with Gasteiger partial charge in [-0.05, 0) is 61.2 Å². The van der Waals surface area contributed by atoms with Crippen molar-refractivity contribution in [2.24, 2.45) is 35.5 Å². The van der Waals surface area contributed by atoms with Crippen molar-refractivity contribution in [3.63, 3.8) is 0 Å². The van der Waals surface area contributed by atoms with Gasteiger partial charge in [0, 0.05) is 6.66 Å². The van der Waals surface area contributed by atoms with Crippen LogP contribution in [0.3, 0.4) is 0 Å². The van der Waals surface area contributed by atoms with E-state index in [1.807, 2.05) is 28.2 Å². The van der Waals surface area contributed by atoms with Crippen LogP contribution in [-0.2, 0) is 32.7 Å². The molecule has 10 heteroatoms. The van der Waals surface area contributed by atoms with Crippen LogP contribution in [0.4, 0.5) is 0 Å². The third-order valence-corrected chi connectivity index (χ3v) is 11.0. The summed E-state index contributed by atoms with van der Waals surface area (Å²) < 4.78 is 37.0. The molecule has 0 radical (unpaired) electrons. The zero-order valence-corrected chi connectivity index (χ0v) is 30.2. The molecule has 0 aromatic heterocycles. The lowest BCUT2D eigenvalue weighted by atomic mass is 9.75. The topological polar surface area (TPSA) is 88.1 Å². The van der Waals surface area contributed by atoms with Crippen molar-refractivity contribution < 1.29 is 41.6 Å². The Morgan fingerprint density at radius 3 is 1.37 bits per heavy atom. The highest BCUT2D eigenvalue weighted by molar-refractivity contribution is 7.52. The van der Waals surface area contributed by atoms with Crippen LogP contribution >= 0.6 is 7.60 Å². The lowest BCUT2D eigenvalue weighted by Crippen LogP contribution is -2.48. The van der Waals surface area contributed by atoms with Gasteiger partial charge in [-0.2, -0.15) is 0 Å². The summed E-state index contributed by atoms with van der Waals surface area (Å²) in [6.07, 6.45) is 6.41. The van der Waals surface area contributed by atoms with Gasteiger partial charge in [0.1, 0.15) is 38.5 Å². The number of carbonyl (C=O) groups excluding carboxylic acids is 2. The lowest BCUT2D eigenvalue weighted by Gasteiger charge is -2.37. The highest BCUT2D eigenvalue weighted by Gasteiger charge is 2.36. The summed E-state index contributed by atoms with van der Waals surface area (Å²) in [5, 5.41) is 0. The first-order valence-corrected chi connectivity index (χ1v) is 18.7. The molecule has 0 amide bonds. The Balaban J connectivity index is 1.73. The molecule has 2 aliphatic rings. The maximum Gasteiger partial charge on any atom is 0.362 e. The average Bonchev–Trinajstić information content (AvgIpc) is 2.82. The molecule has 0 bridgehead atoms. The number of nitrogens with zero attached hydrogens (tertiary/aromatic N) is 2. The molecule has 0 heterocycles. The molecular formula is C33H65N2O7P+2. The molecule has 0 N–H and O–H groups in total. The summed E-state index contributed by atoms with van der Waals surface area (Å²) in [6, 6.07) is 0. The fourth-order valence-electron chi connectivity index (χ4n) is 6.71. The second kappa shape index (κ2) is 16.5. The summed E-state index contributed by atoms with van der Waals surface area (Å²) in [7, 11) is 4.51. The minimum Gasteiger partial charge on any atom is -0.458 e. The minimum atomic E-state index is -3.30. The van der Waals surface area contributed by atoms with Crippen LogP contribution in [-0.4, -0.2) is 107 Å². The normalized spacial score (nSPS) is 28.5. The minimum absolute atomic E-state index is 0.0193. The van der Waals surface area contributed by atoms with E-state index < -0.39 is 7.60 Å². The highest BCUT2D eigenvalue weighted by atomic mass is 31.2. The maximum atomic E-state index is 13.0. The molecule has 43 heavy (non-hydrogen) atoms. The van der Waals surface area contributed by atoms with Gasteiger partial charge < -0.3 is 27.5 Å². The van der Waals surface area contributed by atoms with Crippen molar-refractivity contribution in [3.8, 4) is 0 Å². The fourth-order valence-corrected chi connectivity index (χ4v) is 7.62. The number of rotatable bonds is 16. The van der Waals surface area contributed by atoms with Gasteiger partial charge in [-0.25, -0.2) is 9.59 Å². The number of ether oxygens (including phenoxy) is 2. The van der Waals surface area contributed by atoms with Crippen molar-refractivity contribution in [1.82, 2.24) is 0 Å². The quantitative estimate of drug-likeness (QED) is 0.117. The first-order chi connectivity index (χ1) is 19.8. The Kier molecular flexibility index (Phi) is 14.7. The second-order valence-corrected chi connectivity index (χ2v) is 17.8. The molecule has 9 nitrogen and oxygen atoms in total. The number of carbonyl (C=O) groups is 2. The van der Waals surface area contributed by atoms with Crippen LogP contribution in [0.25, 0.3) is 0 Å². The van der Waals surface area contributed by atoms with E-state index in [4.69, 9.17) is 18.5 Å². The summed E-state index contributed by atoms with van der Waals surface area (Å²) in [5.74, 6) is 2.56. The van der Waals surface area contributed by atoms with Crippen LogP contribution in [0.2, 0.25) is 0 Å². The van der Waals surface area contributed by atoms with Gasteiger partial charge in [-0.3, -0.25) is 4.57 Å². The lowest BCUT2D eigenvalue weighted by molar-refractivity contribution is -0.883. The van der Waals surface area contributed by atoms with E-state index in [1.165, 1.54) is 19.5 Å². The SMILES string of the molecule is CC1CCC(C(C)C)C(OC(=O)C[N+](C)(C)CCOP(C)(=O)OCC[N+](C)(C)CC(=O)OC2CC(C)CCC2C(C)C)C1. The Morgan fingerprint density at radius 2 is 1.05 bits per heavy atom. The molecule has 2 aliphatic carbocycles. The van der Waals surface area contributed by atoms with E-state index in [1.54, 1.807) is 0 Å². The molecule has 0 aromatic rings. The first-order valence-electron chi connectivity index (χ1n) is 16.7. The number of hydrogen-bond acceptors (Lipinski definition) is 7. The van der Waals surface area contributed by atoms with Gasteiger partial charge in [-0.1, -0.05) is 54.4 Å². The van der Waals surface area contributed by atoms with Crippen molar-refractivity contribution in [2.75, 3.05) is 74.2 Å². The Bertz CT molecular complexity index is 868. The number of quaternary nitrogens is 2. The van der Waals surface area contributed by atoms with E-state index in [0.717, 1.165) is 25.7 Å². The van der Waals surface area contributed by atoms with Gasteiger partial charge in [0.25, 0.3) is 0 Å². The van der Waals surface area contributed by atoms with E-state index in [9.17, 15) is 14.2 Å². The highest BCUT2D eigenvalue weighted by Crippen LogP contribution is 2.43. The molecular weight excluding hydrogens is 567 g/mol. The van der Waals surface area contributed by atoms with Gasteiger partial charge in [0.05, 0.1) is 28.2 Å². The predicted molar refractivity (Wildman–Crippen MR) is 172 cm³/mol. The van der Waals surface area contributed by atoms with Gasteiger partial charge in [0.2, 0.25) is 0 Å². The molecule has 2 fully saturated rings. The Labute approximate surface area is 263 Å². The molecule has 0 aromatic carbocycles. The van der Waals surface area contributed by atoms with Crippen LogP contribution in [0.1, 0.15) is 80.1 Å². The zero-order chi connectivity index (χ0) is 32.6. The second-order valence-electron chi connectivity index (χ2n) is 15.8. The summed E-state index contributed by atoms with van der Waals surface area (Å²) in [4.78, 5) is 25.7.